The van der Waals surface area contributed by atoms with Crippen LogP contribution in [0.4, 0.5) is 0 Å². The topological polar surface area (TPSA) is 28.2 Å². The number of nitrogens with zero attached hydrogens (tertiary/aromatic N) is 1. The molecule has 0 aromatic carbocycles. The largest absolute Gasteiger partial charge is 0.512 e. The predicted molar refractivity (Wildman–Crippen MR) is 77.0 cm³/mol. The van der Waals surface area contributed by atoms with E-state index in [9.17, 15) is 0 Å². The summed E-state index contributed by atoms with van der Waals surface area (Å²) in [4.78, 5) is 1.94. The summed E-state index contributed by atoms with van der Waals surface area (Å²) in [5, 5.41) is 6.25. The summed E-state index contributed by atoms with van der Waals surface area (Å²) in [7, 11) is 0. The van der Waals surface area contributed by atoms with Gasteiger partial charge in [-0.25, -0.2) is 0 Å². The second kappa shape index (κ2) is 12.9. The highest BCUT2D eigenvalue weighted by Gasteiger charge is 2.26. The third kappa shape index (κ3) is 7.71. The van der Waals surface area contributed by atoms with E-state index in [4.69, 9.17) is 11.8 Å². The first-order valence-corrected chi connectivity index (χ1v) is 7.95. The van der Waals surface area contributed by atoms with Gasteiger partial charge in [0.2, 0.25) is 0 Å². The molecule has 1 fully saturated rings. The molecule has 0 aliphatic carbocycles. The number of hydrogen-bond acceptors (Lipinski definition) is 1. The lowest BCUT2D eigenvalue weighted by Crippen LogP contribution is -3.13. The quantitative estimate of drug-likeness (QED) is 0.495. The van der Waals surface area contributed by atoms with Crippen LogP contribution in [0.2, 0.25) is 0 Å². The van der Waals surface area contributed by atoms with Crippen LogP contribution in [0.1, 0.15) is 78.1 Å². The monoisotopic (exact) mass is 252 g/mol. The lowest BCUT2D eigenvalue weighted by Gasteiger charge is -2.21. The average molecular weight is 252 g/mol. The molecule has 1 aliphatic heterocycles. The van der Waals surface area contributed by atoms with Crippen molar-refractivity contribution in [2.75, 3.05) is 13.1 Å². The van der Waals surface area contributed by atoms with Crippen molar-refractivity contribution in [1.29, 1.82) is 5.26 Å². The summed E-state index contributed by atoms with van der Waals surface area (Å²) in [6.07, 6.45) is 14.5. The molecule has 1 N–H and O–H groups in total. The molecular formula is C16H32N2. The van der Waals surface area contributed by atoms with E-state index in [0.29, 0.717) is 0 Å². The van der Waals surface area contributed by atoms with Gasteiger partial charge in [0, 0.05) is 12.8 Å². The van der Waals surface area contributed by atoms with E-state index in [0.717, 1.165) is 6.04 Å². The zero-order chi connectivity index (χ0) is 13.6. The Hall–Kier alpha value is -0.550. The Balaban J connectivity index is 0.00000137. The number of quaternary nitrogens is 1. The first kappa shape index (κ1) is 17.4. The van der Waals surface area contributed by atoms with Crippen molar-refractivity contribution in [3.8, 4) is 0 Å². The van der Waals surface area contributed by atoms with Crippen LogP contribution in [0.15, 0.2) is 0 Å². The lowest BCUT2D eigenvalue weighted by molar-refractivity contribution is -0.912. The van der Waals surface area contributed by atoms with Crippen molar-refractivity contribution in [2.24, 2.45) is 0 Å². The molecule has 18 heavy (non-hydrogen) atoms. The van der Waals surface area contributed by atoms with Gasteiger partial charge < -0.3 is 16.7 Å². The molecule has 2 unspecified atom stereocenters. The summed E-state index contributed by atoms with van der Waals surface area (Å²) in [5.41, 5.74) is 0. The fourth-order valence-corrected chi connectivity index (χ4v) is 3.07. The Morgan fingerprint density at radius 1 is 1.00 bits per heavy atom. The zero-order valence-electron chi connectivity index (χ0n) is 12.5. The molecule has 0 spiro atoms. The van der Waals surface area contributed by atoms with Crippen molar-refractivity contribution >= 4 is 0 Å². The number of likely N-dealkylation sites (tertiary alicyclic amines) is 1. The molecule has 0 amide bonds. The Morgan fingerprint density at radius 2 is 1.67 bits per heavy atom. The minimum atomic E-state index is 1.02. The van der Waals surface area contributed by atoms with E-state index in [1.165, 1.54) is 77.3 Å². The van der Waals surface area contributed by atoms with Crippen molar-refractivity contribution in [2.45, 2.75) is 84.1 Å². The zero-order valence-corrected chi connectivity index (χ0v) is 12.5. The highest BCUT2D eigenvalue weighted by Crippen LogP contribution is 2.08. The molecule has 0 aromatic rings. The highest BCUT2D eigenvalue weighted by atomic mass is 15.2. The third-order valence-corrected chi connectivity index (χ3v) is 4.14. The fourth-order valence-electron chi connectivity index (χ4n) is 3.07. The van der Waals surface area contributed by atoms with Gasteiger partial charge in [0.05, 0.1) is 19.1 Å². The van der Waals surface area contributed by atoms with Crippen molar-refractivity contribution < 1.29 is 4.90 Å². The number of rotatable bonds is 9. The normalized spacial score (nSPS) is 22.4. The van der Waals surface area contributed by atoms with Crippen LogP contribution < -0.4 is 4.90 Å². The highest BCUT2D eigenvalue weighted by molar-refractivity contribution is 4.62. The molecule has 0 bridgehead atoms. The van der Waals surface area contributed by atoms with Gasteiger partial charge in [-0.2, -0.15) is 0 Å². The SMILES string of the molecule is CCCCCCC[NH+]1CCCC1CCCC.[C-]#N. The van der Waals surface area contributed by atoms with Crippen molar-refractivity contribution in [3.63, 3.8) is 0 Å². The molecule has 2 nitrogen and oxygen atoms in total. The van der Waals surface area contributed by atoms with Gasteiger partial charge in [0.25, 0.3) is 0 Å². The molecule has 0 saturated carbocycles. The van der Waals surface area contributed by atoms with Crippen LogP contribution in [-0.2, 0) is 0 Å². The predicted octanol–water partition coefficient (Wildman–Crippen LogP) is 3.29. The van der Waals surface area contributed by atoms with Gasteiger partial charge in [0.1, 0.15) is 0 Å². The van der Waals surface area contributed by atoms with Crippen LogP contribution >= 0.6 is 0 Å². The summed E-state index contributed by atoms with van der Waals surface area (Å²) in [5.74, 6) is 0. The maximum Gasteiger partial charge on any atom is 0.0876 e. The van der Waals surface area contributed by atoms with Gasteiger partial charge in [-0.05, 0) is 25.7 Å². The molecule has 0 radical (unpaired) electrons. The second-order valence-electron chi connectivity index (χ2n) is 5.55. The van der Waals surface area contributed by atoms with Gasteiger partial charge >= 0.3 is 0 Å². The van der Waals surface area contributed by atoms with Crippen molar-refractivity contribution in [3.05, 3.63) is 6.57 Å². The molecule has 2 atom stereocenters. The number of hydrogen-bond donors (Lipinski definition) is 1. The van der Waals surface area contributed by atoms with E-state index in [2.05, 4.69) is 13.8 Å². The molecule has 0 aromatic heterocycles. The Bertz CT molecular complexity index is 189. The van der Waals surface area contributed by atoms with E-state index in [-0.39, 0.29) is 0 Å². The molecular weight excluding hydrogens is 220 g/mol. The molecule has 1 aliphatic rings. The minimum Gasteiger partial charge on any atom is -0.512 e. The smallest absolute Gasteiger partial charge is 0.0876 e. The first-order chi connectivity index (χ1) is 8.88. The number of nitrogens with one attached hydrogen (secondary N) is 1. The standard InChI is InChI=1S/C15H31N.CN/c1-3-5-7-8-9-13-16-14-10-12-15(16)11-6-4-2;1-2/h15H,3-14H2,1-2H3;/q;-1/p+1. The second-order valence-corrected chi connectivity index (χ2v) is 5.55. The minimum absolute atomic E-state index is 1.02. The van der Waals surface area contributed by atoms with Gasteiger partial charge in [0.15, 0.2) is 0 Å². The Labute approximate surface area is 114 Å². The van der Waals surface area contributed by atoms with Gasteiger partial charge in [-0.1, -0.05) is 39.5 Å². The van der Waals surface area contributed by atoms with Crippen molar-refractivity contribution in [1.82, 2.24) is 0 Å². The number of unbranched alkanes of at least 4 members (excludes halogenated alkanes) is 5. The van der Waals surface area contributed by atoms with E-state index in [1.807, 2.05) is 4.90 Å². The fraction of sp³-hybridized carbons (Fsp3) is 0.938. The van der Waals surface area contributed by atoms with E-state index in [1.54, 1.807) is 0 Å². The summed E-state index contributed by atoms with van der Waals surface area (Å²) in [6.45, 7) is 12.3. The molecule has 106 valence electrons. The maximum atomic E-state index is 6.25. The molecule has 1 rings (SSSR count). The van der Waals surface area contributed by atoms with Crippen LogP contribution in [-0.4, -0.2) is 19.1 Å². The average Bonchev–Trinajstić information content (AvgIpc) is 2.86. The summed E-state index contributed by atoms with van der Waals surface area (Å²) < 4.78 is 0. The van der Waals surface area contributed by atoms with Crippen LogP contribution in [0.3, 0.4) is 0 Å². The Kier molecular flexibility index (Phi) is 12.5. The summed E-state index contributed by atoms with van der Waals surface area (Å²) >= 11 is 0. The lowest BCUT2D eigenvalue weighted by atomic mass is 10.1. The summed E-state index contributed by atoms with van der Waals surface area (Å²) in [6, 6.07) is 1.02. The molecule has 2 heteroatoms. The molecule has 1 heterocycles. The van der Waals surface area contributed by atoms with Gasteiger partial charge in [-0.3, -0.25) is 0 Å². The van der Waals surface area contributed by atoms with E-state index >= 15 is 0 Å². The van der Waals surface area contributed by atoms with Gasteiger partial charge in [-0.15, -0.1) is 0 Å². The van der Waals surface area contributed by atoms with Crippen LogP contribution in [0, 0.1) is 11.8 Å². The third-order valence-electron chi connectivity index (χ3n) is 4.14. The van der Waals surface area contributed by atoms with E-state index < -0.39 is 0 Å². The van der Waals surface area contributed by atoms with Crippen LogP contribution in [0.5, 0.6) is 0 Å². The van der Waals surface area contributed by atoms with Crippen LogP contribution in [0.25, 0.3) is 0 Å². The first-order valence-electron chi connectivity index (χ1n) is 7.95. The molecule has 1 saturated heterocycles. The maximum absolute atomic E-state index is 6.25. The Morgan fingerprint density at radius 3 is 2.33 bits per heavy atom.